The van der Waals surface area contributed by atoms with E-state index in [1.807, 2.05) is 11.8 Å². The molecule has 1 atom stereocenters. The molecule has 1 aromatic carbocycles. The summed E-state index contributed by atoms with van der Waals surface area (Å²) in [5.74, 6) is 0. The molecule has 2 aromatic rings. The summed E-state index contributed by atoms with van der Waals surface area (Å²) in [5.41, 5.74) is 1.45. The van der Waals surface area contributed by atoms with E-state index in [0.29, 0.717) is 5.25 Å². The van der Waals surface area contributed by atoms with Gasteiger partial charge in [0, 0.05) is 17.5 Å². The Morgan fingerprint density at radius 3 is 2.95 bits per heavy atom. The lowest BCUT2D eigenvalue weighted by atomic mass is 10.1. The standard InChI is InChI=1S/C14H15N3S2/c1-2-4-11-9(3-1)7-12(18-11)14-17-16-13(19-14)8-15-10-5-6-10/h1-4,10,12,15H,5-8H2. The number of nitrogens with zero attached hydrogens (tertiary/aromatic N) is 2. The van der Waals surface area contributed by atoms with Crippen molar-refractivity contribution in [3.8, 4) is 0 Å². The monoisotopic (exact) mass is 289 g/mol. The lowest BCUT2D eigenvalue weighted by molar-refractivity contribution is 0.678. The van der Waals surface area contributed by atoms with Gasteiger partial charge in [-0.15, -0.1) is 22.0 Å². The normalized spacial score (nSPS) is 21.6. The van der Waals surface area contributed by atoms with Crippen molar-refractivity contribution < 1.29 is 0 Å². The Bertz CT molecular complexity index is 567. The van der Waals surface area contributed by atoms with E-state index in [1.54, 1.807) is 11.3 Å². The molecule has 98 valence electrons. The van der Waals surface area contributed by atoms with Crippen LogP contribution < -0.4 is 5.32 Å². The highest BCUT2D eigenvalue weighted by molar-refractivity contribution is 8.00. The molecule has 0 saturated heterocycles. The molecule has 1 aromatic heterocycles. The quantitative estimate of drug-likeness (QED) is 0.938. The first-order chi connectivity index (χ1) is 9.38. The molecule has 0 radical (unpaired) electrons. The highest BCUT2D eigenvalue weighted by Crippen LogP contribution is 2.46. The first kappa shape index (κ1) is 11.9. The zero-order valence-corrected chi connectivity index (χ0v) is 12.1. The van der Waals surface area contributed by atoms with Crippen LogP contribution in [0.2, 0.25) is 0 Å². The second kappa shape index (κ2) is 4.89. The number of thioether (sulfide) groups is 1. The lowest BCUT2D eigenvalue weighted by Gasteiger charge is -2.01. The van der Waals surface area contributed by atoms with E-state index in [1.165, 1.54) is 28.3 Å². The van der Waals surface area contributed by atoms with E-state index < -0.39 is 0 Å². The molecular formula is C14H15N3S2. The van der Waals surface area contributed by atoms with Crippen LogP contribution in [0.15, 0.2) is 29.2 Å². The molecule has 1 saturated carbocycles. The Morgan fingerprint density at radius 1 is 1.21 bits per heavy atom. The van der Waals surface area contributed by atoms with Crippen molar-refractivity contribution in [2.24, 2.45) is 0 Å². The van der Waals surface area contributed by atoms with Gasteiger partial charge in [0.15, 0.2) is 0 Å². The molecule has 1 fully saturated rings. The highest BCUT2D eigenvalue weighted by atomic mass is 32.2. The number of nitrogens with one attached hydrogen (secondary N) is 1. The highest BCUT2D eigenvalue weighted by Gasteiger charge is 2.27. The molecule has 1 N–H and O–H groups in total. The predicted octanol–water partition coefficient (Wildman–Crippen LogP) is 3.18. The third kappa shape index (κ3) is 2.55. The second-order valence-corrected chi connectivity index (χ2v) is 7.45. The van der Waals surface area contributed by atoms with E-state index in [-0.39, 0.29) is 0 Å². The topological polar surface area (TPSA) is 37.8 Å². The Labute approximate surface area is 120 Å². The Hall–Kier alpha value is -0.910. The predicted molar refractivity (Wildman–Crippen MR) is 78.5 cm³/mol. The van der Waals surface area contributed by atoms with Crippen molar-refractivity contribution in [3.63, 3.8) is 0 Å². The molecular weight excluding hydrogens is 274 g/mol. The number of fused-ring (bicyclic) bond motifs is 1. The molecule has 1 aliphatic carbocycles. The summed E-state index contributed by atoms with van der Waals surface area (Å²) in [4.78, 5) is 1.40. The summed E-state index contributed by atoms with van der Waals surface area (Å²) in [5, 5.41) is 15.0. The van der Waals surface area contributed by atoms with E-state index in [0.717, 1.165) is 24.0 Å². The van der Waals surface area contributed by atoms with Crippen molar-refractivity contribution >= 4 is 23.1 Å². The zero-order chi connectivity index (χ0) is 12.7. The van der Waals surface area contributed by atoms with Gasteiger partial charge in [-0.05, 0) is 30.9 Å². The summed E-state index contributed by atoms with van der Waals surface area (Å²) in [6.07, 6.45) is 3.73. The molecule has 0 amide bonds. The minimum atomic E-state index is 0.463. The van der Waals surface area contributed by atoms with E-state index in [4.69, 9.17) is 0 Å². The largest absolute Gasteiger partial charge is 0.308 e. The summed E-state index contributed by atoms with van der Waals surface area (Å²) >= 11 is 3.69. The Balaban J connectivity index is 1.45. The van der Waals surface area contributed by atoms with Gasteiger partial charge in [0.2, 0.25) is 0 Å². The molecule has 0 bridgehead atoms. The van der Waals surface area contributed by atoms with Gasteiger partial charge in [0.1, 0.15) is 10.0 Å². The number of hydrogen-bond acceptors (Lipinski definition) is 5. The van der Waals surface area contributed by atoms with Gasteiger partial charge in [-0.25, -0.2) is 0 Å². The van der Waals surface area contributed by atoms with Crippen molar-refractivity contribution in [3.05, 3.63) is 39.8 Å². The summed E-state index contributed by atoms with van der Waals surface area (Å²) < 4.78 is 0. The fraction of sp³-hybridized carbons (Fsp3) is 0.429. The first-order valence-corrected chi connectivity index (χ1v) is 8.38. The molecule has 5 heteroatoms. The van der Waals surface area contributed by atoms with E-state index in [2.05, 4.69) is 39.8 Å². The van der Waals surface area contributed by atoms with Crippen LogP contribution in [0.3, 0.4) is 0 Å². The fourth-order valence-corrected chi connectivity index (χ4v) is 4.55. The smallest absolute Gasteiger partial charge is 0.131 e. The first-order valence-electron chi connectivity index (χ1n) is 6.69. The van der Waals surface area contributed by atoms with Gasteiger partial charge in [0.25, 0.3) is 0 Å². The van der Waals surface area contributed by atoms with Gasteiger partial charge in [-0.2, -0.15) is 0 Å². The second-order valence-electron chi connectivity index (χ2n) is 5.11. The van der Waals surface area contributed by atoms with Gasteiger partial charge in [-0.1, -0.05) is 29.5 Å². The number of rotatable bonds is 4. The summed E-state index contributed by atoms with van der Waals surface area (Å²) in [7, 11) is 0. The van der Waals surface area contributed by atoms with Gasteiger partial charge < -0.3 is 5.32 Å². The number of hydrogen-bond donors (Lipinski definition) is 1. The van der Waals surface area contributed by atoms with Crippen LogP contribution in [0.25, 0.3) is 0 Å². The van der Waals surface area contributed by atoms with Crippen molar-refractivity contribution in [2.45, 2.75) is 42.0 Å². The average Bonchev–Trinajstić information content (AvgIpc) is 2.99. The molecule has 4 rings (SSSR count). The van der Waals surface area contributed by atoms with E-state index in [9.17, 15) is 0 Å². The fourth-order valence-electron chi connectivity index (χ4n) is 2.31. The Morgan fingerprint density at radius 2 is 2.11 bits per heavy atom. The van der Waals surface area contributed by atoms with Gasteiger partial charge >= 0.3 is 0 Å². The molecule has 2 heterocycles. The summed E-state index contributed by atoms with van der Waals surface area (Å²) in [6.45, 7) is 0.882. The third-order valence-electron chi connectivity index (χ3n) is 3.52. The Kier molecular flexibility index (Phi) is 3.06. The zero-order valence-electron chi connectivity index (χ0n) is 10.5. The summed E-state index contributed by atoms with van der Waals surface area (Å²) in [6, 6.07) is 9.39. The maximum Gasteiger partial charge on any atom is 0.131 e. The van der Waals surface area contributed by atoms with Crippen LogP contribution in [0.5, 0.6) is 0 Å². The number of benzene rings is 1. The van der Waals surface area contributed by atoms with Crippen LogP contribution in [-0.4, -0.2) is 16.2 Å². The van der Waals surface area contributed by atoms with Crippen LogP contribution in [0, 0.1) is 0 Å². The maximum absolute atomic E-state index is 4.39. The van der Waals surface area contributed by atoms with Crippen molar-refractivity contribution in [1.29, 1.82) is 0 Å². The minimum Gasteiger partial charge on any atom is -0.308 e. The SMILES string of the molecule is c1ccc2c(c1)CC(c1nnc(CNC3CC3)s1)S2. The van der Waals surface area contributed by atoms with Crippen molar-refractivity contribution in [1.82, 2.24) is 15.5 Å². The lowest BCUT2D eigenvalue weighted by Crippen LogP contribution is -2.14. The molecule has 1 unspecified atom stereocenters. The molecule has 3 nitrogen and oxygen atoms in total. The molecule has 0 spiro atoms. The maximum atomic E-state index is 4.39. The van der Waals surface area contributed by atoms with Gasteiger partial charge in [-0.3, -0.25) is 0 Å². The third-order valence-corrected chi connectivity index (χ3v) is 6.04. The number of aromatic nitrogens is 2. The average molecular weight is 289 g/mol. The minimum absolute atomic E-state index is 0.463. The van der Waals surface area contributed by atoms with Gasteiger partial charge in [0.05, 0.1) is 5.25 Å². The van der Waals surface area contributed by atoms with Crippen LogP contribution in [0.4, 0.5) is 0 Å². The molecule has 19 heavy (non-hydrogen) atoms. The molecule has 1 aliphatic heterocycles. The van der Waals surface area contributed by atoms with E-state index >= 15 is 0 Å². The van der Waals surface area contributed by atoms with Crippen molar-refractivity contribution in [2.75, 3.05) is 0 Å². The molecule has 2 aliphatic rings. The van der Waals surface area contributed by atoms with Crippen LogP contribution in [0.1, 0.15) is 33.7 Å². The van der Waals surface area contributed by atoms with Crippen LogP contribution in [-0.2, 0) is 13.0 Å². The van der Waals surface area contributed by atoms with Crippen LogP contribution >= 0.6 is 23.1 Å².